The first-order valence-electron chi connectivity index (χ1n) is 4.96. The summed E-state index contributed by atoms with van der Waals surface area (Å²) in [5.74, 6) is -0.518. The van der Waals surface area contributed by atoms with E-state index in [0.717, 1.165) is 11.1 Å². The van der Waals surface area contributed by atoms with E-state index in [1.54, 1.807) is 30.5 Å². The number of pyridine rings is 1. The molecule has 0 atom stereocenters. The SMILES string of the molecule is N#Cc1cccc(-c2cncc(C(N)=O)c2)c1. The summed E-state index contributed by atoms with van der Waals surface area (Å²) in [5.41, 5.74) is 7.69. The van der Waals surface area contributed by atoms with Gasteiger partial charge >= 0.3 is 0 Å². The number of nitrogens with two attached hydrogens (primary N) is 1. The molecule has 1 aromatic carbocycles. The average molecular weight is 223 g/mol. The van der Waals surface area contributed by atoms with Gasteiger partial charge in [0.25, 0.3) is 0 Å². The molecule has 17 heavy (non-hydrogen) atoms. The van der Waals surface area contributed by atoms with E-state index in [-0.39, 0.29) is 0 Å². The van der Waals surface area contributed by atoms with Gasteiger partial charge in [-0.25, -0.2) is 0 Å². The van der Waals surface area contributed by atoms with Crippen molar-refractivity contribution in [1.82, 2.24) is 4.98 Å². The van der Waals surface area contributed by atoms with Crippen molar-refractivity contribution in [3.05, 3.63) is 53.9 Å². The van der Waals surface area contributed by atoms with Gasteiger partial charge in [0.15, 0.2) is 0 Å². The predicted octanol–water partition coefficient (Wildman–Crippen LogP) is 1.72. The molecule has 0 aliphatic heterocycles. The highest BCUT2D eigenvalue weighted by atomic mass is 16.1. The summed E-state index contributed by atoms with van der Waals surface area (Å²) in [6.07, 6.45) is 3.04. The van der Waals surface area contributed by atoms with E-state index >= 15 is 0 Å². The van der Waals surface area contributed by atoms with Crippen molar-refractivity contribution < 1.29 is 4.79 Å². The summed E-state index contributed by atoms with van der Waals surface area (Å²) in [5, 5.41) is 8.81. The van der Waals surface area contributed by atoms with Crippen LogP contribution in [0.25, 0.3) is 11.1 Å². The number of carbonyl (C=O) groups is 1. The molecular formula is C13H9N3O. The number of nitriles is 1. The van der Waals surface area contributed by atoms with Gasteiger partial charge in [-0.15, -0.1) is 0 Å². The lowest BCUT2D eigenvalue weighted by Crippen LogP contribution is -2.11. The number of benzene rings is 1. The fourth-order valence-electron chi connectivity index (χ4n) is 1.50. The smallest absolute Gasteiger partial charge is 0.250 e. The number of hydrogen-bond acceptors (Lipinski definition) is 3. The van der Waals surface area contributed by atoms with Crippen LogP contribution in [0.2, 0.25) is 0 Å². The predicted molar refractivity (Wildman–Crippen MR) is 62.9 cm³/mol. The van der Waals surface area contributed by atoms with Crippen molar-refractivity contribution >= 4 is 5.91 Å². The standard InChI is InChI=1S/C13H9N3O/c14-6-9-2-1-3-10(4-9)11-5-12(13(15)17)8-16-7-11/h1-5,7-8H,(H2,15,17). The molecule has 2 rings (SSSR count). The van der Waals surface area contributed by atoms with Crippen molar-refractivity contribution in [1.29, 1.82) is 5.26 Å². The molecule has 0 saturated heterocycles. The molecule has 0 bridgehead atoms. The van der Waals surface area contributed by atoms with E-state index < -0.39 is 5.91 Å². The second-order valence-electron chi connectivity index (χ2n) is 3.52. The van der Waals surface area contributed by atoms with Crippen molar-refractivity contribution in [2.24, 2.45) is 5.73 Å². The summed E-state index contributed by atoms with van der Waals surface area (Å²) in [7, 11) is 0. The van der Waals surface area contributed by atoms with Crippen LogP contribution in [0, 0.1) is 11.3 Å². The Morgan fingerprint density at radius 3 is 2.76 bits per heavy atom. The topological polar surface area (TPSA) is 79.8 Å². The van der Waals surface area contributed by atoms with Crippen molar-refractivity contribution in [2.75, 3.05) is 0 Å². The Balaban J connectivity index is 2.49. The second-order valence-corrected chi connectivity index (χ2v) is 3.52. The third kappa shape index (κ3) is 2.29. The third-order valence-electron chi connectivity index (χ3n) is 2.35. The fraction of sp³-hybridized carbons (Fsp3) is 0. The maximum Gasteiger partial charge on any atom is 0.250 e. The number of nitrogens with zero attached hydrogens (tertiary/aromatic N) is 2. The summed E-state index contributed by atoms with van der Waals surface area (Å²) >= 11 is 0. The van der Waals surface area contributed by atoms with Gasteiger partial charge < -0.3 is 5.73 Å². The molecule has 0 saturated carbocycles. The minimum Gasteiger partial charge on any atom is -0.366 e. The van der Waals surface area contributed by atoms with Crippen molar-refractivity contribution in [3.8, 4) is 17.2 Å². The van der Waals surface area contributed by atoms with Gasteiger partial charge in [0.2, 0.25) is 5.91 Å². The molecule has 1 amide bonds. The van der Waals surface area contributed by atoms with Gasteiger partial charge in [-0.05, 0) is 23.8 Å². The van der Waals surface area contributed by atoms with Crippen LogP contribution in [-0.2, 0) is 0 Å². The highest BCUT2D eigenvalue weighted by Gasteiger charge is 2.04. The maximum atomic E-state index is 11.0. The summed E-state index contributed by atoms with van der Waals surface area (Å²) < 4.78 is 0. The van der Waals surface area contributed by atoms with Gasteiger partial charge in [-0.2, -0.15) is 5.26 Å². The van der Waals surface area contributed by atoms with Crippen LogP contribution in [-0.4, -0.2) is 10.9 Å². The van der Waals surface area contributed by atoms with E-state index in [4.69, 9.17) is 11.0 Å². The summed E-state index contributed by atoms with van der Waals surface area (Å²) in [4.78, 5) is 15.0. The Morgan fingerprint density at radius 1 is 1.24 bits per heavy atom. The van der Waals surface area contributed by atoms with E-state index in [2.05, 4.69) is 11.1 Å². The number of primary amides is 1. The van der Waals surface area contributed by atoms with Crippen LogP contribution in [0.15, 0.2) is 42.7 Å². The van der Waals surface area contributed by atoms with Gasteiger partial charge in [-0.3, -0.25) is 9.78 Å². The van der Waals surface area contributed by atoms with Crippen LogP contribution in [0.4, 0.5) is 0 Å². The molecule has 0 spiro atoms. The number of rotatable bonds is 2. The van der Waals surface area contributed by atoms with Gasteiger partial charge in [0.1, 0.15) is 0 Å². The highest BCUT2D eigenvalue weighted by molar-refractivity contribution is 5.93. The zero-order valence-corrected chi connectivity index (χ0v) is 8.92. The number of aromatic nitrogens is 1. The van der Waals surface area contributed by atoms with E-state index in [0.29, 0.717) is 11.1 Å². The Bertz CT molecular complexity index is 614. The molecule has 4 heteroatoms. The van der Waals surface area contributed by atoms with E-state index in [1.165, 1.54) is 6.20 Å². The second kappa shape index (κ2) is 4.45. The molecule has 1 heterocycles. The van der Waals surface area contributed by atoms with Crippen LogP contribution in [0.5, 0.6) is 0 Å². The average Bonchev–Trinajstić information content (AvgIpc) is 2.39. The molecule has 1 aromatic heterocycles. The molecule has 4 nitrogen and oxygen atoms in total. The fourth-order valence-corrected chi connectivity index (χ4v) is 1.50. The molecule has 82 valence electrons. The normalized spacial score (nSPS) is 9.59. The third-order valence-corrected chi connectivity index (χ3v) is 2.35. The van der Waals surface area contributed by atoms with Crippen LogP contribution < -0.4 is 5.73 Å². The first kappa shape index (κ1) is 10.8. The first-order chi connectivity index (χ1) is 8.20. The molecule has 0 radical (unpaired) electrons. The molecule has 0 aliphatic rings. The maximum absolute atomic E-state index is 11.0. The lowest BCUT2D eigenvalue weighted by atomic mass is 10.0. The minimum atomic E-state index is -0.518. The molecule has 0 aliphatic carbocycles. The Morgan fingerprint density at radius 2 is 2.06 bits per heavy atom. The van der Waals surface area contributed by atoms with Crippen LogP contribution >= 0.6 is 0 Å². The Kier molecular flexibility index (Phi) is 2.84. The molecular weight excluding hydrogens is 214 g/mol. The largest absolute Gasteiger partial charge is 0.366 e. The molecule has 2 aromatic rings. The molecule has 0 unspecified atom stereocenters. The Hall–Kier alpha value is -2.67. The number of carbonyl (C=O) groups excluding carboxylic acids is 1. The van der Waals surface area contributed by atoms with E-state index in [1.807, 2.05) is 6.07 Å². The van der Waals surface area contributed by atoms with Crippen molar-refractivity contribution in [3.63, 3.8) is 0 Å². The van der Waals surface area contributed by atoms with E-state index in [9.17, 15) is 4.79 Å². The quantitative estimate of drug-likeness (QED) is 0.841. The summed E-state index contributed by atoms with van der Waals surface area (Å²) in [6.45, 7) is 0. The Labute approximate surface area is 98.3 Å². The molecule has 0 fully saturated rings. The first-order valence-corrected chi connectivity index (χ1v) is 4.96. The lowest BCUT2D eigenvalue weighted by molar-refractivity contribution is 0.1000. The number of hydrogen-bond donors (Lipinski definition) is 1. The monoisotopic (exact) mass is 223 g/mol. The number of amides is 1. The van der Waals surface area contributed by atoms with Gasteiger partial charge in [0, 0.05) is 18.0 Å². The highest BCUT2D eigenvalue weighted by Crippen LogP contribution is 2.20. The summed E-state index contributed by atoms with van der Waals surface area (Å²) in [6, 6.07) is 10.8. The van der Waals surface area contributed by atoms with Gasteiger partial charge in [-0.1, -0.05) is 12.1 Å². The van der Waals surface area contributed by atoms with Crippen molar-refractivity contribution in [2.45, 2.75) is 0 Å². The van der Waals surface area contributed by atoms with Gasteiger partial charge in [0.05, 0.1) is 17.2 Å². The van der Waals surface area contributed by atoms with Crippen LogP contribution in [0.1, 0.15) is 15.9 Å². The van der Waals surface area contributed by atoms with Crippen LogP contribution in [0.3, 0.4) is 0 Å². The molecule has 2 N–H and O–H groups in total. The zero-order valence-electron chi connectivity index (χ0n) is 8.92. The minimum absolute atomic E-state index is 0.352. The lowest BCUT2D eigenvalue weighted by Gasteiger charge is -2.02. The zero-order chi connectivity index (χ0) is 12.3.